The molecule has 0 unspecified atom stereocenters. The summed E-state index contributed by atoms with van der Waals surface area (Å²) in [6, 6.07) is 3.19. The van der Waals surface area contributed by atoms with Crippen molar-refractivity contribution in [2.24, 2.45) is 23.7 Å². The topological polar surface area (TPSA) is 242 Å². The van der Waals surface area contributed by atoms with E-state index in [9.17, 15) is 34.2 Å². The van der Waals surface area contributed by atoms with E-state index in [0.29, 0.717) is 60.7 Å². The highest BCUT2D eigenvalue weighted by Crippen LogP contribution is 2.45. The molecule has 21 nitrogen and oxygen atoms in total. The van der Waals surface area contributed by atoms with Crippen molar-refractivity contribution >= 4 is 52.1 Å². The molecule has 4 aliphatic heterocycles. The van der Waals surface area contributed by atoms with Crippen molar-refractivity contribution in [2.75, 3.05) is 66.9 Å². The number of carboxylic acid groups (broad SMARTS) is 1. The van der Waals surface area contributed by atoms with Crippen molar-refractivity contribution in [1.29, 1.82) is 0 Å². The zero-order valence-corrected chi connectivity index (χ0v) is 50.2. The molecule has 0 spiro atoms. The number of likely N-dealkylation sites (N-methyl/N-ethyl adjacent to an activating group) is 2. The minimum absolute atomic E-state index is 0.117. The highest BCUT2D eigenvalue weighted by atomic mass is 35.5. The summed E-state index contributed by atoms with van der Waals surface area (Å²) in [7, 11) is 8.90. The second kappa shape index (κ2) is 25.9. The Morgan fingerprint density at radius 2 is 1.57 bits per heavy atom. The molecule has 7 rings (SSSR count). The number of halogens is 1. The monoisotopic (exact) mass is 1150 g/mol. The Morgan fingerprint density at radius 3 is 2.20 bits per heavy atom. The van der Waals surface area contributed by atoms with Gasteiger partial charge in [-0.25, -0.2) is 9.59 Å². The Balaban J connectivity index is 1.07. The van der Waals surface area contributed by atoms with Crippen molar-refractivity contribution in [2.45, 2.75) is 204 Å². The fraction of sp³-hybridized carbons (Fsp3) is 0.776. The van der Waals surface area contributed by atoms with Crippen LogP contribution in [0.5, 0.6) is 0 Å². The van der Waals surface area contributed by atoms with Crippen molar-refractivity contribution in [1.82, 2.24) is 14.4 Å². The van der Waals surface area contributed by atoms with Gasteiger partial charge in [-0.1, -0.05) is 39.3 Å². The summed E-state index contributed by atoms with van der Waals surface area (Å²) in [6.07, 6.45) is -4.69. The summed E-state index contributed by atoms with van der Waals surface area (Å²) in [5.41, 5.74) is -3.39. The number of hydrogen-bond acceptors (Lipinski definition) is 19. The zero-order chi connectivity index (χ0) is 58.9. The molecule has 5 heterocycles. The lowest BCUT2D eigenvalue weighted by molar-refractivity contribution is -0.322. The molecule has 0 radical (unpaired) electrons. The molecule has 1 aromatic carbocycles. The van der Waals surface area contributed by atoms with E-state index >= 15 is 0 Å². The highest BCUT2D eigenvalue weighted by Gasteiger charge is 2.60. The number of nitrogens with one attached hydrogen (secondary N) is 1. The SMILES string of the molecule is CC[C@@H]1OC(=O)[C@H](C)[C@H](O[C@@H]2C[C@](C)(OC)[C@H](OCCCN(C)CCNc3cc4c(=O)c(C(=O)O)cn(C5CC5)c4cc3Cl)[C@H](C)O2)[C@@H](C)[C@H](O[C@H]2O[C@@H](C)C[C@@H](N(C)C)[C@H]2O)[C@](C)(OC)C[C@H](C)C(=O)[C@@H](C)[C@H]2OC(=O)O[C@@]12C. The van der Waals surface area contributed by atoms with E-state index in [1.165, 1.54) is 13.3 Å². The molecule has 5 aliphatic rings. The number of anilines is 1. The average Bonchev–Trinajstić information content (AvgIpc) is 4.26. The number of carboxylic acids is 1. The maximum atomic E-state index is 14.8. The molecular weight excluding hydrogens is 1060 g/mol. The summed E-state index contributed by atoms with van der Waals surface area (Å²) in [5, 5.41) is 25.7. The molecule has 4 saturated heterocycles. The highest BCUT2D eigenvalue weighted by molar-refractivity contribution is 6.34. The average molecular weight is 1150 g/mol. The van der Waals surface area contributed by atoms with Gasteiger partial charge in [0.1, 0.15) is 29.7 Å². The van der Waals surface area contributed by atoms with E-state index < -0.39 is 119 Å². The maximum absolute atomic E-state index is 14.8. The Labute approximate surface area is 475 Å². The smallest absolute Gasteiger partial charge is 0.477 e. The minimum Gasteiger partial charge on any atom is -0.477 e. The molecule has 450 valence electrons. The number of aliphatic hydroxyl groups excluding tert-OH is 1. The summed E-state index contributed by atoms with van der Waals surface area (Å²) in [6.45, 7) is 20.2. The van der Waals surface area contributed by atoms with Crippen LogP contribution in [-0.4, -0.2) is 194 Å². The number of methoxy groups -OCH3 is 2. The molecule has 0 bridgehead atoms. The number of carbonyl (C=O) groups is 4. The first-order chi connectivity index (χ1) is 37.6. The molecule has 0 amide bonds. The number of ether oxygens (including phenoxy) is 10. The summed E-state index contributed by atoms with van der Waals surface area (Å²) >= 11 is 6.71. The van der Waals surface area contributed by atoms with Gasteiger partial charge in [0.2, 0.25) is 5.43 Å². The number of rotatable bonds is 19. The minimum atomic E-state index is -1.51. The predicted octanol–water partition coefficient (Wildman–Crippen LogP) is 7.08. The Morgan fingerprint density at radius 1 is 0.900 bits per heavy atom. The molecule has 1 aromatic heterocycles. The van der Waals surface area contributed by atoms with Gasteiger partial charge in [-0.05, 0) is 113 Å². The number of pyridine rings is 1. The Kier molecular flexibility index (Phi) is 20.6. The summed E-state index contributed by atoms with van der Waals surface area (Å²) in [5.74, 6) is -5.47. The molecule has 2 aromatic rings. The number of nitrogens with zero attached hydrogens (tertiary/aromatic N) is 3. The molecule has 1 aliphatic carbocycles. The number of cyclic esters (lactones) is 1. The Hall–Kier alpha value is -4.00. The van der Waals surface area contributed by atoms with Gasteiger partial charge in [-0.3, -0.25) is 14.4 Å². The van der Waals surface area contributed by atoms with Gasteiger partial charge in [-0.2, -0.15) is 0 Å². The first-order valence-corrected chi connectivity index (χ1v) is 28.9. The van der Waals surface area contributed by atoms with Gasteiger partial charge in [0, 0.05) is 82.4 Å². The van der Waals surface area contributed by atoms with Gasteiger partial charge in [-0.15, -0.1) is 0 Å². The number of esters is 1. The fourth-order valence-corrected chi connectivity index (χ4v) is 13.1. The molecule has 1 saturated carbocycles. The second-order valence-corrected chi connectivity index (χ2v) is 24.5. The molecule has 5 fully saturated rings. The molecule has 3 N–H and O–H groups in total. The third-order valence-corrected chi connectivity index (χ3v) is 18.1. The van der Waals surface area contributed by atoms with Crippen molar-refractivity contribution < 1.29 is 76.8 Å². The van der Waals surface area contributed by atoms with Crippen LogP contribution in [0.4, 0.5) is 10.5 Å². The number of Topliss-reactive ketones (excluding diaryl/α,β-unsaturated/α-hetero) is 1. The predicted molar refractivity (Wildman–Crippen MR) is 297 cm³/mol. The van der Waals surface area contributed by atoms with Crippen LogP contribution in [0.2, 0.25) is 5.02 Å². The molecule has 22 heteroatoms. The number of ketones is 1. The third-order valence-electron chi connectivity index (χ3n) is 17.8. The van der Waals surface area contributed by atoms with Crippen LogP contribution in [0, 0.1) is 23.7 Å². The van der Waals surface area contributed by atoms with E-state index in [2.05, 4.69) is 10.2 Å². The second-order valence-electron chi connectivity index (χ2n) is 24.1. The van der Waals surface area contributed by atoms with E-state index in [1.807, 2.05) is 65.2 Å². The molecule has 80 heavy (non-hydrogen) atoms. The quantitative estimate of drug-likeness (QED) is 0.0940. The largest absolute Gasteiger partial charge is 0.509 e. The number of aromatic carboxylic acids is 1. The standard InChI is InChI=1S/C58H89ClN4O17/c1-16-43-58(10)50(79-55(70)80-58)32(4)45(64)30(2)27-56(8,71-14)49(78-54-47(66)42(61(11)12)24-31(3)74-54)33(5)48(34(6)53(69)76-43)77-44-28-57(9,72-15)51(35(7)75-44)73-23-17-21-62(13)22-20-60-40-25-37-41(26-39(40)59)63(36-18-19-36)29-38(46(37)65)52(67)68/h25-26,29-36,42-44,47-51,54,60,66H,16-24,27-28H2,1-15H3,(H,67,68)/t30-,31-,32+,33+,34+,35-,42+,43-,44+,47+,48+,49-,50+,51+,54+,56+,57-,58-/m0/s1. The van der Waals surface area contributed by atoms with Crippen molar-refractivity contribution in [3.05, 3.63) is 39.1 Å². The third kappa shape index (κ3) is 13.5. The fourth-order valence-electron chi connectivity index (χ4n) is 12.9. The van der Waals surface area contributed by atoms with E-state index in [1.54, 1.807) is 53.9 Å². The van der Waals surface area contributed by atoms with Crippen LogP contribution in [-0.2, 0) is 57.0 Å². The lowest BCUT2D eigenvalue weighted by Gasteiger charge is -2.50. The van der Waals surface area contributed by atoms with Crippen LogP contribution in [0.25, 0.3) is 10.9 Å². The van der Waals surface area contributed by atoms with E-state index in [4.69, 9.17) is 59.0 Å². The first kappa shape index (κ1) is 63.6. The Bertz CT molecular complexity index is 2580. The summed E-state index contributed by atoms with van der Waals surface area (Å²) in [4.78, 5) is 71.6. The molecule has 18 atom stereocenters. The van der Waals surface area contributed by atoms with Crippen LogP contribution >= 0.6 is 11.6 Å². The van der Waals surface area contributed by atoms with Crippen molar-refractivity contribution in [3.8, 4) is 0 Å². The summed E-state index contributed by atoms with van der Waals surface area (Å²) < 4.78 is 66.1. The maximum Gasteiger partial charge on any atom is 0.509 e. The van der Waals surface area contributed by atoms with Gasteiger partial charge in [0.05, 0.1) is 63.7 Å². The van der Waals surface area contributed by atoms with Gasteiger partial charge >= 0.3 is 18.1 Å². The van der Waals surface area contributed by atoms with Crippen LogP contribution in [0.1, 0.15) is 131 Å². The van der Waals surface area contributed by atoms with Crippen LogP contribution in [0.15, 0.2) is 23.1 Å². The van der Waals surface area contributed by atoms with E-state index in [-0.39, 0.29) is 48.8 Å². The number of fused-ring (bicyclic) bond motifs is 2. The van der Waals surface area contributed by atoms with Gasteiger partial charge in [0.25, 0.3) is 0 Å². The first-order valence-electron chi connectivity index (χ1n) is 28.5. The number of carbonyl (C=O) groups excluding carboxylic acids is 3. The van der Waals surface area contributed by atoms with Crippen LogP contribution in [0.3, 0.4) is 0 Å². The lowest BCUT2D eigenvalue weighted by Crippen LogP contribution is -2.61. The number of aliphatic hydroxyl groups is 1. The van der Waals surface area contributed by atoms with Crippen LogP contribution < -0.4 is 10.7 Å². The molecular formula is C58H89ClN4O17. The lowest BCUT2D eigenvalue weighted by atomic mass is 9.74. The number of aromatic nitrogens is 1. The van der Waals surface area contributed by atoms with Crippen molar-refractivity contribution in [3.63, 3.8) is 0 Å². The number of hydrogen-bond donors (Lipinski definition) is 3. The number of benzene rings is 1. The van der Waals surface area contributed by atoms with Gasteiger partial charge in [0.15, 0.2) is 24.3 Å². The van der Waals surface area contributed by atoms with E-state index in [0.717, 1.165) is 12.8 Å². The van der Waals surface area contributed by atoms with Gasteiger partial charge < -0.3 is 77.3 Å². The normalized spacial score (nSPS) is 37.5. The zero-order valence-electron chi connectivity index (χ0n) is 49.5.